The zero-order valence-electron chi connectivity index (χ0n) is 13.5. The number of halogens is 1. The third-order valence-corrected chi connectivity index (χ3v) is 3.81. The van der Waals surface area contributed by atoms with E-state index < -0.39 is 12.0 Å². The zero-order chi connectivity index (χ0) is 16.9. The number of aliphatic hydroxyl groups is 1. The van der Waals surface area contributed by atoms with Gasteiger partial charge in [-0.05, 0) is 29.7 Å². The quantitative estimate of drug-likeness (QED) is 0.790. The van der Waals surface area contributed by atoms with E-state index in [9.17, 15) is 14.7 Å². The molecule has 1 amide bonds. The molecule has 0 aromatic heterocycles. The monoisotopic (exact) mass is 325 g/mol. The molecule has 0 saturated heterocycles. The molecule has 0 spiro atoms. The molecule has 5 heteroatoms. The molecule has 0 bridgehead atoms. The molecule has 0 aliphatic heterocycles. The minimum atomic E-state index is -0.626. The van der Waals surface area contributed by atoms with Crippen molar-refractivity contribution >= 4 is 23.3 Å². The smallest absolute Gasteiger partial charge is 0.220 e. The Kier molecular flexibility index (Phi) is 6.57. The number of amides is 1. The van der Waals surface area contributed by atoms with Crippen LogP contribution in [0.3, 0.4) is 0 Å². The van der Waals surface area contributed by atoms with Gasteiger partial charge in [-0.2, -0.15) is 0 Å². The first-order valence-corrected chi connectivity index (χ1v) is 7.73. The van der Waals surface area contributed by atoms with Crippen molar-refractivity contribution in [3.63, 3.8) is 0 Å². The highest BCUT2D eigenvalue weighted by Gasteiger charge is 2.23. The normalized spacial score (nSPS) is 14.3. The molecule has 0 radical (unpaired) electrons. The van der Waals surface area contributed by atoms with Gasteiger partial charge in [0.15, 0.2) is 5.78 Å². The number of hydrogen-bond acceptors (Lipinski definition) is 3. The Balaban J connectivity index is 2.50. The lowest BCUT2D eigenvalue weighted by atomic mass is 9.89. The first-order chi connectivity index (χ1) is 10.1. The summed E-state index contributed by atoms with van der Waals surface area (Å²) in [4.78, 5) is 24.1. The first-order valence-electron chi connectivity index (χ1n) is 7.36. The third-order valence-electron chi connectivity index (χ3n) is 3.56. The van der Waals surface area contributed by atoms with Crippen LogP contribution in [0.1, 0.15) is 44.5 Å². The summed E-state index contributed by atoms with van der Waals surface area (Å²) in [5.74, 6) is -0.755. The van der Waals surface area contributed by atoms with Gasteiger partial charge in [-0.1, -0.05) is 39.3 Å². The fourth-order valence-electron chi connectivity index (χ4n) is 1.86. The highest BCUT2D eigenvalue weighted by atomic mass is 35.5. The Morgan fingerprint density at radius 3 is 2.27 bits per heavy atom. The predicted octanol–water partition coefficient (Wildman–Crippen LogP) is 3.07. The minimum Gasteiger partial charge on any atom is -0.391 e. The Morgan fingerprint density at radius 2 is 1.77 bits per heavy atom. The van der Waals surface area contributed by atoms with Gasteiger partial charge in [-0.3, -0.25) is 9.59 Å². The summed E-state index contributed by atoms with van der Waals surface area (Å²) in [5, 5.41) is 13.1. The summed E-state index contributed by atoms with van der Waals surface area (Å²) in [6.07, 6.45) is -0.531. The van der Waals surface area contributed by atoms with Crippen LogP contribution in [0.4, 0.5) is 0 Å². The van der Waals surface area contributed by atoms with Crippen molar-refractivity contribution in [2.75, 3.05) is 6.54 Å². The summed E-state index contributed by atoms with van der Waals surface area (Å²) in [5.41, 5.74) is 0.248. The second-order valence-electron chi connectivity index (χ2n) is 6.66. The molecule has 1 aromatic rings. The molecule has 22 heavy (non-hydrogen) atoms. The highest BCUT2D eigenvalue weighted by molar-refractivity contribution is 6.30. The van der Waals surface area contributed by atoms with Gasteiger partial charge in [-0.25, -0.2) is 0 Å². The molecule has 0 fully saturated rings. The topological polar surface area (TPSA) is 66.4 Å². The lowest BCUT2D eigenvalue weighted by Gasteiger charge is -2.26. The molecular formula is C17H24ClNO3. The van der Waals surface area contributed by atoms with Gasteiger partial charge in [-0.15, -0.1) is 0 Å². The van der Waals surface area contributed by atoms with Crippen LogP contribution < -0.4 is 5.32 Å². The first kappa shape index (κ1) is 18.7. The molecule has 2 unspecified atom stereocenters. The van der Waals surface area contributed by atoms with Crippen LogP contribution in [0.25, 0.3) is 0 Å². The van der Waals surface area contributed by atoms with Gasteiger partial charge < -0.3 is 10.4 Å². The van der Waals surface area contributed by atoms with Crippen molar-refractivity contribution < 1.29 is 14.7 Å². The lowest BCUT2D eigenvalue weighted by molar-refractivity contribution is -0.122. The highest BCUT2D eigenvalue weighted by Crippen LogP contribution is 2.18. The van der Waals surface area contributed by atoms with E-state index in [2.05, 4.69) is 5.32 Å². The molecule has 2 atom stereocenters. The van der Waals surface area contributed by atoms with Gasteiger partial charge in [0, 0.05) is 29.5 Å². The van der Waals surface area contributed by atoms with Gasteiger partial charge in [0.1, 0.15) is 0 Å². The van der Waals surface area contributed by atoms with Crippen LogP contribution in [0.15, 0.2) is 24.3 Å². The van der Waals surface area contributed by atoms with Crippen LogP contribution >= 0.6 is 11.6 Å². The van der Waals surface area contributed by atoms with Crippen LogP contribution in [0.5, 0.6) is 0 Å². The second kappa shape index (κ2) is 7.75. The standard InChI is InChI=1S/C17H24ClNO3/c1-11(16(22)12-5-7-13(18)8-6-12)9-15(21)19-10-14(20)17(2,3)4/h5-8,11,14,20H,9-10H2,1-4H3,(H,19,21). The Hall–Kier alpha value is -1.39. The van der Waals surface area contributed by atoms with Crippen molar-refractivity contribution in [2.24, 2.45) is 11.3 Å². The number of ketones is 1. The number of Topliss-reactive ketones (excluding diaryl/α,β-unsaturated/α-hetero) is 1. The fraction of sp³-hybridized carbons (Fsp3) is 0.529. The van der Waals surface area contributed by atoms with Crippen LogP contribution in [0, 0.1) is 11.3 Å². The molecule has 0 aliphatic rings. The molecule has 0 heterocycles. The number of carbonyl (C=O) groups is 2. The van der Waals surface area contributed by atoms with Crippen LogP contribution in [0.2, 0.25) is 5.02 Å². The van der Waals surface area contributed by atoms with E-state index in [1.54, 1.807) is 31.2 Å². The average Bonchev–Trinajstić information content (AvgIpc) is 2.43. The maximum atomic E-state index is 12.2. The molecule has 0 saturated carbocycles. The van der Waals surface area contributed by atoms with Crippen molar-refractivity contribution in [1.82, 2.24) is 5.32 Å². The number of hydrogen-bond donors (Lipinski definition) is 2. The number of aliphatic hydroxyl groups excluding tert-OH is 1. The minimum absolute atomic E-state index is 0.0943. The summed E-state index contributed by atoms with van der Waals surface area (Å²) in [6, 6.07) is 6.62. The van der Waals surface area contributed by atoms with Crippen LogP contribution in [-0.2, 0) is 4.79 Å². The fourth-order valence-corrected chi connectivity index (χ4v) is 1.98. The number of carbonyl (C=O) groups excluding carboxylic acids is 2. The largest absolute Gasteiger partial charge is 0.391 e. The van der Waals surface area contributed by atoms with E-state index in [1.165, 1.54) is 0 Å². The summed E-state index contributed by atoms with van der Waals surface area (Å²) in [7, 11) is 0. The molecule has 4 nitrogen and oxygen atoms in total. The van der Waals surface area contributed by atoms with Crippen molar-refractivity contribution in [2.45, 2.75) is 40.2 Å². The van der Waals surface area contributed by atoms with E-state index in [0.29, 0.717) is 10.6 Å². The Labute approximate surface area is 136 Å². The molecule has 0 aliphatic carbocycles. The average molecular weight is 326 g/mol. The van der Waals surface area contributed by atoms with Crippen LogP contribution in [-0.4, -0.2) is 29.4 Å². The summed E-state index contributed by atoms with van der Waals surface area (Å²) >= 11 is 5.79. The molecule has 122 valence electrons. The van der Waals surface area contributed by atoms with Gasteiger partial charge in [0.25, 0.3) is 0 Å². The lowest BCUT2D eigenvalue weighted by Crippen LogP contribution is -2.39. The molecule has 2 N–H and O–H groups in total. The maximum Gasteiger partial charge on any atom is 0.220 e. The van der Waals surface area contributed by atoms with Gasteiger partial charge >= 0.3 is 0 Å². The number of rotatable bonds is 6. The molecule has 1 rings (SSSR count). The van der Waals surface area contributed by atoms with Crippen molar-refractivity contribution in [3.8, 4) is 0 Å². The Bertz CT molecular complexity index is 520. The predicted molar refractivity (Wildman–Crippen MR) is 88.0 cm³/mol. The molecular weight excluding hydrogens is 302 g/mol. The van der Waals surface area contributed by atoms with E-state index in [0.717, 1.165) is 0 Å². The number of nitrogens with one attached hydrogen (secondary N) is 1. The summed E-state index contributed by atoms with van der Waals surface area (Å²) < 4.78 is 0. The van der Waals surface area contributed by atoms with E-state index in [1.807, 2.05) is 20.8 Å². The Morgan fingerprint density at radius 1 is 1.23 bits per heavy atom. The van der Waals surface area contributed by atoms with E-state index >= 15 is 0 Å². The maximum absolute atomic E-state index is 12.2. The third kappa shape index (κ3) is 5.78. The SMILES string of the molecule is CC(CC(=O)NCC(O)C(C)(C)C)C(=O)c1ccc(Cl)cc1. The summed E-state index contributed by atoms with van der Waals surface area (Å²) in [6.45, 7) is 7.60. The zero-order valence-corrected chi connectivity index (χ0v) is 14.3. The second-order valence-corrected chi connectivity index (χ2v) is 7.10. The van der Waals surface area contributed by atoms with E-state index in [4.69, 9.17) is 11.6 Å². The van der Waals surface area contributed by atoms with Crippen molar-refractivity contribution in [1.29, 1.82) is 0 Å². The molecule has 1 aromatic carbocycles. The van der Waals surface area contributed by atoms with Gasteiger partial charge in [0.05, 0.1) is 6.10 Å². The van der Waals surface area contributed by atoms with E-state index in [-0.39, 0.29) is 30.1 Å². The van der Waals surface area contributed by atoms with Gasteiger partial charge in [0.2, 0.25) is 5.91 Å². The van der Waals surface area contributed by atoms with Crippen molar-refractivity contribution in [3.05, 3.63) is 34.9 Å². The number of benzene rings is 1.